The zero-order valence-electron chi connectivity index (χ0n) is 34.9. The first kappa shape index (κ1) is 36.7. The highest BCUT2D eigenvalue weighted by molar-refractivity contribution is 7.22. The van der Waals surface area contributed by atoms with Crippen molar-refractivity contribution in [2.24, 2.45) is 0 Å². The maximum Gasteiger partial charge on any atom is 0.0741 e. The molecule has 0 saturated carbocycles. The third-order valence-electron chi connectivity index (χ3n) is 13.4. The van der Waals surface area contributed by atoms with Gasteiger partial charge in [-0.15, -0.1) is 11.3 Å². The van der Waals surface area contributed by atoms with Gasteiger partial charge in [0, 0.05) is 43.3 Å². The summed E-state index contributed by atoms with van der Waals surface area (Å²) in [5, 5.41) is 3.75. The molecule has 11 aromatic rings. The van der Waals surface area contributed by atoms with Gasteiger partial charge >= 0.3 is 0 Å². The summed E-state index contributed by atoms with van der Waals surface area (Å²) in [6.07, 6.45) is 0. The molecule has 1 heterocycles. The van der Waals surface area contributed by atoms with Crippen LogP contribution in [0, 0.1) is 0 Å². The van der Waals surface area contributed by atoms with Gasteiger partial charge in [0.15, 0.2) is 0 Å². The summed E-state index contributed by atoms with van der Waals surface area (Å²) >= 11 is 1.93. The predicted octanol–water partition coefficient (Wildman–Crippen LogP) is 17.0. The van der Waals surface area contributed by atoms with Crippen LogP contribution < -0.4 is 9.80 Å². The number of benzene rings is 10. The van der Waals surface area contributed by atoms with Crippen molar-refractivity contribution in [3.8, 4) is 32.7 Å². The minimum atomic E-state index is -0.593. The van der Waals surface area contributed by atoms with Crippen molar-refractivity contribution in [1.29, 1.82) is 0 Å². The number of hydrogen-bond acceptors (Lipinski definition) is 3. The second-order valence-electron chi connectivity index (χ2n) is 16.8. The number of anilines is 6. The second kappa shape index (κ2) is 14.6. The number of rotatable bonds is 7. The molecule has 3 heteroatoms. The molecule has 2 aliphatic carbocycles. The smallest absolute Gasteiger partial charge is 0.0741 e. The van der Waals surface area contributed by atoms with Gasteiger partial charge in [-0.25, -0.2) is 0 Å². The van der Waals surface area contributed by atoms with Crippen LogP contribution in [0.2, 0.25) is 0 Å². The SMILES string of the molecule is c1ccc(-c2ccccc2N(c2ccccc2)c2ccc3c(c2)C2(c4ccccc4-c4ccc(N(c5ccccc5)c5cccc6ccccc56)cc42)c2c-3sc3ccccc23)cc1. The average molecular weight is 833 g/mol. The topological polar surface area (TPSA) is 6.48 Å². The Hall–Kier alpha value is -7.98. The molecule has 0 N–H and O–H groups in total. The van der Waals surface area contributed by atoms with Crippen LogP contribution in [0.15, 0.2) is 243 Å². The molecular weight excluding hydrogens is 793 g/mol. The highest BCUT2D eigenvalue weighted by atomic mass is 32.1. The molecule has 2 nitrogen and oxygen atoms in total. The fourth-order valence-corrected chi connectivity index (χ4v) is 12.1. The lowest BCUT2D eigenvalue weighted by Gasteiger charge is -2.34. The Morgan fingerprint density at radius 1 is 0.328 bits per heavy atom. The van der Waals surface area contributed by atoms with Crippen LogP contribution in [0.5, 0.6) is 0 Å². The lowest BCUT2D eigenvalue weighted by Crippen LogP contribution is -2.26. The van der Waals surface area contributed by atoms with Crippen LogP contribution in [0.25, 0.3) is 53.6 Å². The molecule has 0 amide bonds. The Bertz CT molecular complexity index is 3570. The van der Waals surface area contributed by atoms with E-state index >= 15 is 0 Å². The maximum absolute atomic E-state index is 2.52. The largest absolute Gasteiger partial charge is 0.310 e. The summed E-state index contributed by atoms with van der Waals surface area (Å²) in [5.74, 6) is 0. The van der Waals surface area contributed by atoms with Gasteiger partial charge in [-0.2, -0.15) is 0 Å². The Morgan fingerprint density at radius 3 is 1.59 bits per heavy atom. The van der Waals surface area contributed by atoms with Crippen molar-refractivity contribution in [3.05, 3.63) is 265 Å². The van der Waals surface area contributed by atoms with E-state index in [9.17, 15) is 0 Å². The van der Waals surface area contributed by atoms with Crippen LogP contribution in [0.4, 0.5) is 34.1 Å². The summed E-state index contributed by atoms with van der Waals surface area (Å²) in [7, 11) is 0. The van der Waals surface area contributed by atoms with Crippen LogP contribution in [-0.4, -0.2) is 0 Å². The van der Waals surface area contributed by atoms with Crippen LogP contribution in [0.3, 0.4) is 0 Å². The molecule has 1 atom stereocenters. The van der Waals surface area contributed by atoms with Gasteiger partial charge in [0.2, 0.25) is 0 Å². The molecule has 1 aromatic heterocycles. The highest BCUT2D eigenvalue weighted by Gasteiger charge is 2.54. The fourth-order valence-electron chi connectivity index (χ4n) is 10.8. The van der Waals surface area contributed by atoms with Gasteiger partial charge in [-0.3, -0.25) is 0 Å². The molecule has 0 bridgehead atoms. The van der Waals surface area contributed by atoms with Crippen LogP contribution in [-0.2, 0) is 5.41 Å². The van der Waals surface area contributed by atoms with E-state index in [1.54, 1.807) is 0 Å². The van der Waals surface area contributed by atoms with E-state index in [-0.39, 0.29) is 0 Å². The molecule has 0 radical (unpaired) electrons. The van der Waals surface area contributed by atoms with Crippen molar-refractivity contribution >= 4 is 66.3 Å². The van der Waals surface area contributed by atoms with Gasteiger partial charge < -0.3 is 9.80 Å². The molecule has 10 aromatic carbocycles. The summed E-state index contributed by atoms with van der Waals surface area (Å²) < 4.78 is 1.31. The van der Waals surface area contributed by atoms with Gasteiger partial charge in [0.1, 0.15) is 0 Å². The normalized spacial score (nSPS) is 14.3. The number of thiophene rings is 1. The molecule has 0 aliphatic heterocycles. The number of fused-ring (bicyclic) bond motifs is 13. The summed E-state index contributed by atoms with van der Waals surface area (Å²) in [5.41, 5.74) is 17.7. The fraction of sp³-hybridized carbons (Fsp3) is 0.0164. The molecule has 13 rings (SSSR count). The number of nitrogens with zero attached hydrogens (tertiary/aromatic N) is 2. The first-order valence-electron chi connectivity index (χ1n) is 22.0. The average Bonchev–Trinajstić information content (AvgIpc) is 3.99. The molecule has 0 saturated heterocycles. The third-order valence-corrected chi connectivity index (χ3v) is 14.6. The molecule has 300 valence electrons. The monoisotopic (exact) mass is 832 g/mol. The lowest BCUT2D eigenvalue weighted by molar-refractivity contribution is 0.802. The Morgan fingerprint density at radius 2 is 0.844 bits per heavy atom. The van der Waals surface area contributed by atoms with E-state index in [0.717, 1.165) is 34.1 Å². The standard InChI is InChI=1S/C61H40N2S/c1-4-19-41(20-5-1)47-28-13-16-32-56(47)62(43-23-6-2-7-24-43)46-36-38-51-55(40-46)61(59-52-30-14-17-34-58(52)64-60(51)59)53-31-15-12-29-49(53)50-37-35-45(39-54(50)61)63(44-25-8-3-9-26-44)57-33-18-22-42-21-10-11-27-48(42)57/h1-40H. The Labute approximate surface area is 377 Å². The Kier molecular flexibility index (Phi) is 8.34. The van der Waals surface area contributed by atoms with E-state index in [1.165, 1.54) is 75.8 Å². The lowest BCUT2D eigenvalue weighted by atomic mass is 9.70. The van der Waals surface area contributed by atoms with Crippen LogP contribution in [0.1, 0.15) is 22.3 Å². The molecule has 1 spiro atoms. The van der Waals surface area contributed by atoms with E-state index < -0.39 is 5.41 Å². The number of hydrogen-bond donors (Lipinski definition) is 0. The molecule has 2 aliphatic rings. The highest BCUT2D eigenvalue weighted by Crippen LogP contribution is 2.67. The minimum Gasteiger partial charge on any atom is -0.310 e. The molecule has 64 heavy (non-hydrogen) atoms. The zero-order chi connectivity index (χ0) is 42.2. The molecule has 0 fully saturated rings. The van der Waals surface area contributed by atoms with E-state index in [2.05, 4.69) is 252 Å². The molecular formula is C61H40N2S. The summed E-state index contributed by atoms with van der Waals surface area (Å²) in [6.45, 7) is 0. The summed E-state index contributed by atoms with van der Waals surface area (Å²) in [6, 6.07) is 89.4. The predicted molar refractivity (Wildman–Crippen MR) is 270 cm³/mol. The Balaban J connectivity index is 1.11. The van der Waals surface area contributed by atoms with E-state index in [4.69, 9.17) is 0 Å². The minimum absolute atomic E-state index is 0.593. The quantitative estimate of drug-likeness (QED) is 0.158. The first-order valence-corrected chi connectivity index (χ1v) is 22.8. The van der Waals surface area contributed by atoms with Gasteiger partial charge in [0.05, 0.1) is 16.8 Å². The summed E-state index contributed by atoms with van der Waals surface area (Å²) in [4.78, 5) is 6.26. The van der Waals surface area contributed by atoms with Crippen molar-refractivity contribution < 1.29 is 0 Å². The third kappa shape index (κ3) is 5.38. The first-order chi connectivity index (χ1) is 31.8. The van der Waals surface area contributed by atoms with Gasteiger partial charge in [-0.1, -0.05) is 176 Å². The van der Waals surface area contributed by atoms with Crippen molar-refractivity contribution in [2.75, 3.05) is 9.80 Å². The van der Waals surface area contributed by atoms with Crippen LogP contribution >= 0.6 is 11.3 Å². The maximum atomic E-state index is 2.52. The van der Waals surface area contributed by atoms with E-state index in [0.29, 0.717) is 0 Å². The van der Waals surface area contributed by atoms with Gasteiger partial charge in [-0.05, 0) is 122 Å². The van der Waals surface area contributed by atoms with Crippen molar-refractivity contribution in [3.63, 3.8) is 0 Å². The number of para-hydroxylation sites is 3. The van der Waals surface area contributed by atoms with E-state index in [1.807, 2.05) is 11.3 Å². The van der Waals surface area contributed by atoms with Gasteiger partial charge in [0.25, 0.3) is 0 Å². The zero-order valence-corrected chi connectivity index (χ0v) is 35.7. The van der Waals surface area contributed by atoms with Crippen molar-refractivity contribution in [1.82, 2.24) is 0 Å². The molecule has 1 unspecified atom stereocenters. The van der Waals surface area contributed by atoms with Crippen molar-refractivity contribution in [2.45, 2.75) is 5.41 Å². The second-order valence-corrected chi connectivity index (χ2v) is 17.8.